The largest absolute Gasteiger partial charge is 0.393 e. The Hall–Kier alpha value is -2.09. The van der Waals surface area contributed by atoms with Crippen LogP contribution in [-0.4, -0.2) is 13.3 Å². The predicted octanol–water partition coefficient (Wildman–Crippen LogP) is 3.85. The van der Waals surface area contributed by atoms with Gasteiger partial charge in [0.25, 0.3) is 0 Å². The van der Waals surface area contributed by atoms with Crippen LogP contribution < -0.4 is 5.32 Å². The summed E-state index contributed by atoms with van der Waals surface area (Å²) in [6.07, 6.45) is 5.37. The Kier molecular flexibility index (Phi) is 5.12. The van der Waals surface area contributed by atoms with E-state index in [9.17, 15) is 0 Å². The Labute approximate surface area is 109 Å². The molecule has 1 rings (SSSR count). The van der Waals surface area contributed by atoms with Gasteiger partial charge >= 0.3 is 0 Å². The fraction of sp³-hybridized carbons (Fsp3) is 0.188. The van der Waals surface area contributed by atoms with Crippen LogP contribution in [0, 0.1) is 13.8 Å². The molecule has 0 unspecified atom stereocenters. The van der Waals surface area contributed by atoms with Gasteiger partial charge in [-0.1, -0.05) is 36.9 Å². The summed E-state index contributed by atoms with van der Waals surface area (Å²) in [6, 6.07) is 6.19. The van der Waals surface area contributed by atoms with Gasteiger partial charge in [-0.2, -0.15) is 0 Å². The maximum Gasteiger partial charge on any atom is 0.0659 e. The second kappa shape index (κ2) is 6.60. The molecule has 0 saturated heterocycles. The highest BCUT2D eigenvalue weighted by Crippen LogP contribution is 2.19. The molecule has 94 valence electrons. The number of hydrogen-bond donors (Lipinski definition) is 1. The summed E-state index contributed by atoms with van der Waals surface area (Å²) in [5.41, 5.74) is 5.14. The molecule has 18 heavy (non-hydrogen) atoms. The Morgan fingerprint density at radius 3 is 2.61 bits per heavy atom. The monoisotopic (exact) mass is 240 g/mol. The molecule has 0 spiro atoms. The molecule has 0 aromatic heterocycles. The minimum absolute atomic E-state index is 0.833. The molecule has 0 aliphatic heterocycles. The molecular weight excluding hydrogens is 220 g/mol. The van der Waals surface area contributed by atoms with Crippen LogP contribution in [0.15, 0.2) is 59.8 Å². The third-order valence-corrected chi connectivity index (χ3v) is 2.60. The molecule has 1 N–H and O–H groups in total. The van der Waals surface area contributed by atoms with Crippen molar-refractivity contribution in [2.45, 2.75) is 13.8 Å². The first-order chi connectivity index (χ1) is 8.58. The van der Waals surface area contributed by atoms with E-state index in [4.69, 9.17) is 0 Å². The first kappa shape index (κ1) is 14.0. The molecule has 1 aromatic carbocycles. The van der Waals surface area contributed by atoms with Crippen LogP contribution in [0.4, 0.5) is 5.69 Å². The zero-order valence-electron chi connectivity index (χ0n) is 11.3. The zero-order chi connectivity index (χ0) is 13.5. The Morgan fingerprint density at radius 1 is 1.33 bits per heavy atom. The molecule has 0 heterocycles. The Morgan fingerprint density at radius 2 is 2.06 bits per heavy atom. The SMILES string of the molecule is C=C/C(=C\NC)C(=C)C=Nc1ccc(C)cc1C. The highest BCUT2D eigenvalue weighted by atomic mass is 14.8. The average Bonchev–Trinajstić information content (AvgIpc) is 2.34. The fourth-order valence-corrected chi connectivity index (χ4v) is 1.61. The van der Waals surface area contributed by atoms with Gasteiger partial charge in [0.1, 0.15) is 0 Å². The van der Waals surface area contributed by atoms with E-state index in [1.54, 1.807) is 12.3 Å². The zero-order valence-corrected chi connectivity index (χ0v) is 11.3. The molecule has 0 aliphatic carbocycles. The average molecular weight is 240 g/mol. The maximum absolute atomic E-state index is 4.46. The maximum atomic E-state index is 4.46. The molecule has 2 nitrogen and oxygen atoms in total. The Bertz CT molecular complexity index is 508. The van der Waals surface area contributed by atoms with Gasteiger partial charge in [0.2, 0.25) is 0 Å². The van der Waals surface area contributed by atoms with Crippen LogP contribution in [-0.2, 0) is 0 Å². The van der Waals surface area contributed by atoms with Crippen molar-refractivity contribution in [1.29, 1.82) is 0 Å². The topological polar surface area (TPSA) is 24.4 Å². The molecular formula is C16H20N2. The van der Waals surface area contributed by atoms with Gasteiger partial charge in [0, 0.05) is 19.5 Å². The second-order valence-corrected chi connectivity index (χ2v) is 4.17. The summed E-state index contributed by atoms with van der Waals surface area (Å²) in [7, 11) is 1.85. The van der Waals surface area contributed by atoms with Crippen LogP contribution in [0.3, 0.4) is 0 Å². The lowest BCUT2D eigenvalue weighted by Gasteiger charge is -2.03. The molecule has 0 saturated carbocycles. The van der Waals surface area contributed by atoms with E-state index in [-0.39, 0.29) is 0 Å². The first-order valence-corrected chi connectivity index (χ1v) is 5.89. The van der Waals surface area contributed by atoms with Crippen LogP contribution >= 0.6 is 0 Å². The normalized spacial score (nSPS) is 11.6. The van der Waals surface area contributed by atoms with E-state index in [0.29, 0.717) is 0 Å². The van der Waals surface area contributed by atoms with E-state index in [1.165, 1.54) is 5.56 Å². The van der Waals surface area contributed by atoms with Gasteiger partial charge in [-0.3, -0.25) is 4.99 Å². The fourth-order valence-electron chi connectivity index (χ4n) is 1.61. The van der Waals surface area contributed by atoms with Crippen LogP contribution in [0.1, 0.15) is 11.1 Å². The van der Waals surface area contributed by atoms with Crippen molar-refractivity contribution >= 4 is 11.9 Å². The molecule has 0 radical (unpaired) electrons. The number of hydrogen-bond acceptors (Lipinski definition) is 2. The summed E-state index contributed by atoms with van der Waals surface area (Å²) >= 11 is 0. The second-order valence-electron chi connectivity index (χ2n) is 4.17. The summed E-state index contributed by atoms with van der Waals surface area (Å²) in [6.45, 7) is 11.9. The number of nitrogens with one attached hydrogen (secondary N) is 1. The van der Waals surface area contributed by atoms with E-state index in [0.717, 1.165) is 22.4 Å². The lowest BCUT2D eigenvalue weighted by molar-refractivity contribution is 1.09. The van der Waals surface area contributed by atoms with E-state index >= 15 is 0 Å². The quantitative estimate of drug-likeness (QED) is 0.613. The molecule has 0 amide bonds. The molecule has 0 bridgehead atoms. The Balaban J connectivity index is 2.90. The van der Waals surface area contributed by atoms with Gasteiger partial charge in [-0.25, -0.2) is 0 Å². The van der Waals surface area contributed by atoms with Crippen molar-refractivity contribution in [2.24, 2.45) is 4.99 Å². The third kappa shape index (κ3) is 3.74. The van der Waals surface area contributed by atoms with Crippen LogP contribution in [0.2, 0.25) is 0 Å². The standard InChI is InChI=1S/C16H20N2/c1-6-15(11-17-5)14(4)10-18-16-8-7-12(2)9-13(16)3/h6-11,17H,1,4H2,2-3,5H3/b15-11+,18-10?. The molecule has 0 fully saturated rings. The van der Waals surface area contributed by atoms with Gasteiger partial charge in [0.05, 0.1) is 5.69 Å². The summed E-state index contributed by atoms with van der Waals surface area (Å²) in [5.74, 6) is 0. The van der Waals surface area contributed by atoms with Gasteiger partial charge in [-0.05, 0) is 36.6 Å². The number of benzene rings is 1. The van der Waals surface area contributed by atoms with E-state index in [2.05, 4.69) is 49.4 Å². The van der Waals surface area contributed by atoms with E-state index < -0.39 is 0 Å². The number of allylic oxidation sites excluding steroid dienone is 3. The molecule has 0 atom stereocenters. The number of rotatable bonds is 5. The van der Waals surface area contributed by atoms with Gasteiger partial charge in [-0.15, -0.1) is 0 Å². The van der Waals surface area contributed by atoms with E-state index in [1.807, 2.05) is 19.3 Å². The first-order valence-electron chi connectivity index (χ1n) is 5.89. The van der Waals surface area contributed by atoms with Crippen molar-refractivity contribution in [3.05, 3.63) is 65.9 Å². The van der Waals surface area contributed by atoms with Crippen LogP contribution in [0.25, 0.3) is 0 Å². The minimum Gasteiger partial charge on any atom is -0.393 e. The van der Waals surface area contributed by atoms with Crippen molar-refractivity contribution in [2.75, 3.05) is 7.05 Å². The van der Waals surface area contributed by atoms with Crippen molar-refractivity contribution in [3.8, 4) is 0 Å². The number of aryl methyl sites for hydroxylation is 2. The molecule has 1 aromatic rings. The summed E-state index contributed by atoms with van der Waals surface area (Å²) in [5, 5.41) is 2.96. The molecule has 2 heteroatoms. The summed E-state index contributed by atoms with van der Waals surface area (Å²) < 4.78 is 0. The lowest BCUT2D eigenvalue weighted by Crippen LogP contribution is -1.97. The van der Waals surface area contributed by atoms with Gasteiger partial charge < -0.3 is 5.32 Å². The minimum atomic E-state index is 0.833. The van der Waals surface area contributed by atoms with Crippen molar-refractivity contribution in [3.63, 3.8) is 0 Å². The number of aliphatic imine (C=N–C) groups is 1. The third-order valence-electron chi connectivity index (χ3n) is 2.60. The summed E-state index contributed by atoms with van der Waals surface area (Å²) in [4.78, 5) is 4.46. The van der Waals surface area contributed by atoms with Gasteiger partial charge in [0.15, 0.2) is 0 Å². The van der Waals surface area contributed by atoms with Crippen molar-refractivity contribution < 1.29 is 0 Å². The predicted molar refractivity (Wildman–Crippen MR) is 80.5 cm³/mol. The highest BCUT2D eigenvalue weighted by Gasteiger charge is 1.97. The molecule has 0 aliphatic rings. The van der Waals surface area contributed by atoms with Crippen LogP contribution in [0.5, 0.6) is 0 Å². The number of nitrogens with zero attached hydrogens (tertiary/aromatic N) is 1. The smallest absolute Gasteiger partial charge is 0.0659 e. The van der Waals surface area contributed by atoms with Crippen molar-refractivity contribution in [1.82, 2.24) is 5.32 Å². The highest BCUT2D eigenvalue weighted by molar-refractivity contribution is 5.87. The lowest BCUT2D eigenvalue weighted by atomic mass is 10.1.